The molecule has 17 heavy (non-hydrogen) atoms. The first-order valence-electron chi connectivity index (χ1n) is 6.60. The zero-order chi connectivity index (χ0) is 11.9. The van der Waals surface area contributed by atoms with Gasteiger partial charge >= 0.3 is 0 Å². The van der Waals surface area contributed by atoms with Gasteiger partial charge < -0.3 is 5.32 Å². The van der Waals surface area contributed by atoms with Crippen LogP contribution in [0.25, 0.3) is 0 Å². The minimum absolute atomic E-state index is 0.743. The number of nitrogens with zero attached hydrogens (tertiary/aromatic N) is 2. The lowest BCUT2D eigenvalue weighted by molar-refractivity contribution is 0.474. The van der Waals surface area contributed by atoms with Crippen LogP contribution < -0.4 is 5.32 Å². The molecule has 96 valence electrons. The first-order valence-corrected chi connectivity index (χ1v) is 7.58. The van der Waals surface area contributed by atoms with Crippen LogP contribution >= 0.6 is 11.8 Å². The summed E-state index contributed by atoms with van der Waals surface area (Å²) in [6.07, 6.45) is 8.33. The Morgan fingerprint density at radius 3 is 2.71 bits per heavy atom. The minimum Gasteiger partial charge on any atom is -0.313 e. The molecule has 1 saturated carbocycles. The summed E-state index contributed by atoms with van der Waals surface area (Å²) in [6.45, 7) is 2.99. The molecular formula is C12H22N4S. The molecule has 0 spiro atoms. The van der Waals surface area contributed by atoms with Gasteiger partial charge in [-0.3, -0.25) is 5.10 Å². The Kier molecular flexibility index (Phi) is 5.32. The van der Waals surface area contributed by atoms with E-state index >= 15 is 0 Å². The lowest BCUT2D eigenvalue weighted by Gasteiger charge is -2.15. The normalized spacial score (nSPS) is 18.2. The van der Waals surface area contributed by atoms with E-state index in [-0.39, 0.29) is 0 Å². The van der Waals surface area contributed by atoms with Crippen molar-refractivity contribution < 1.29 is 0 Å². The monoisotopic (exact) mass is 254 g/mol. The standard InChI is InChI=1S/C12H22N4S/c1-10-14-12(16-15-10)17-9-8-13-11-6-4-2-3-5-7-11/h11,13H,2-9H2,1H3,(H,14,15,16). The van der Waals surface area contributed by atoms with E-state index < -0.39 is 0 Å². The summed E-state index contributed by atoms with van der Waals surface area (Å²) in [5, 5.41) is 11.5. The summed E-state index contributed by atoms with van der Waals surface area (Å²) in [5.41, 5.74) is 0. The Hall–Kier alpha value is -0.550. The molecule has 2 rings (SSSR count). The van der Waals surface area contributed by atoms with Gasteiger partial charge in [0.05, 0.1) is 0 Å². The van der Waals surface area contributed by atoms with Gasteiger partial charge in [-0.1, -0.05) is 37.4 Å². The van der Waals surface area contributed by atoms with Crippen LogP contribution in [0.3, 0.4) is 0 Å². The third kappa shape index (κ3) is 4.68. The highest BCUT2D eigenvalue weighted by atomic mass is 32.2. The summed E-state index contributed by atoms with van der Waals surface area (Å²) in [7, 11) is 0. The quantitative estimate of drug-likeness (QED) is 0.481. The van der Waals surface area contributed by atoms with Crippen molar-refractivity contribution in [3.8, 4) is 0 Å². The number of H-pyrrole nitrogens is 1. The van der Waals surface area contributed by atoms with Gasteiger partial charge in [0.25, 0.3) is 0 Å². The molecule has 1 aliphatic rings. The van der Waals surface area contributed by atoms with Gasteiger partial charge in [0, 0.05) is 18.3 Å². The number of aromatic amines is 1. The summed E-state index contributed by atoms with van der Waals surface area (Å²) in [4.78, 5) is 4.28. The van der Waals surface area contributed by atoms with Crippen LogP contribution in [0, 0.1) is 6.92 Å². The molecule has 0 unspecified atom stereocenters. The zero-order valence-corrected chi connectivity index (χ0v) is 11.4. The maximum atomic E-state index is 4.28. The van der Waals surface area contributed by atoms with Crippen LogP contribution in [0.4, 0.5) is 0 Å². The molecule has 0 amide bonds. The first-order chi connectivity index (χ1) is 8.34. The summed E-state index contributed by atoms with van der Waals surface area (Å²) in [5.74, 6) is 1.94. The van der Waals surface area contributed by atoms with Crippen molar-refractivity contribution in [1.82, 2.24) is 20.5 Å². The van der Waals surface area contributed by atoms with Crippen LogP contribution in [0.2, 0.25) is 0 Å². The third-order valence-electron chi connectivity index (χ3n) is 3.20. The third-order valence-corrected chi connectivity index (χ3v) is 4.05. The number of nitrogens with one attached hydrogen (secondary N) is 2. The van der Waals surface area contributed by atoms with Gasteiger partial charge in [-0.15, -0.1) is 5.10 Å². The molecule has 1 heterocycles. The highest BCUT2D eigenvalue weighted by molar-refractivity contribution is 7.99. The van der Waals surface area contributed by atoms with Crippen LogP contribution in [-0.2, 0) is 0 Å². The molecule has 0 aliphatic heterocycles. The smallest absolute Gasteiger partial charge is 0.208 e. The molecule has 0 radical (unpaired) electrons. The first kappa shape index (κ1) is 12.9. The maximum Gasteiger partial charge on any atom is 0.208 e. The Labute approximate surface area is 107 Å². The largest absolute Gasteiger partial charge is 0.313 e. The molecule has 0 atom stereocenters. The molecule has 1 aromatic rings. The lowest BCUT2D eigenvalue weighted by Crippen LogP contribution is -2.30. The fraction of sp³-hybridized carbons (Fsp3) is 0.833. The second-order valence-corrected chi connectivity index (χ2v) is 5.76. The number of rotatable bonds is 5. The van der Waals surface area contributed by atoms with Crippen LogP contribution in [-0.4, -0.2) is 33.5 Å². The number of aryl methyl sites for hydroxylation is 1. The van der Waals surface area contributed by atoms with Gasteiger partial charge in [0.1, 0.15) is 5.82 Å². The predicted octanol–water partition coefficient (Wildman–Crippen LogP) is 2.52. The zero-order valence-electron chi connectivity index (χ0n) is 10.5. The predicted molar refractivity (Wildman–Crippen MR) is 71.3 cm³/mol. The number of hydrogen-bond acceptors (Lipinski definition) is 4. The van der Waals surface area contributed by atoms with Gasteiger partial charge in [0.15, 0.2) is 0 Å². The summed E-state index contributed by atoms with van der Waals surface area (Å²) < 4.78 is 0. The number of thioether (sulfide) groups is 1. The van der Waals surface area contributed by atoms with E-state index in [2.05, 4.69) is 20.5 Å². The Morgan fingerprint density at radius 2 is 2.06 bits per heavy atom. The molecule has 4 nitrogen and oxygen atoms in total. The SMILES string of the molecule is Cc1nc(SCCNC2CCCCCC2)n[nH]1. The molecule has 0 aromatic carbocycles. The molecule has 0 bridgehead atoms. The van der Waals surface area contributed by atoms with Crippen molar-refractivity contribution >= 4 is 11.8 Å². The van der Waals surface area contributed by atoms with Crippen molar-refractivity contribution in [2.24, 2.45) is 0 Å². The molecule has 1 aliphatic carbocycles. The topological polar surface area (TPSA) is 53.6 Å². The van der Waals surface area contributed by atoms with Gasteiger partial charge in [0.2, 0.25) is 5.16 Å². The van der Waals surface area contributed by atoms with Gasteiger partial charge in [-0.25, -0.2) is 4.98 Å². The number of hydrogen-bond donors (Lipinski definition) is 2. The van der Waals surface area contributed by atoms with Crippen LogP contribution in [0.1, 0.15) is 44.3 Å². The Balaban J connectivity index is 1.59. The fourth-order valence-electron chi connectivity index (χ4n) is 2.28. The number of aromatic nitrogens is 3. The average Bonchev–Trinajstić information content (AvgIpc) is 2.59. The molecule has 0 saturated heterocycles. The summed E-state index contributed by atoms with van der Waals surface area (Å²) >= 11 is 1.72. The minimum atomic E-state index is 0.743. The molecule has 2 N–H and O–H groups in total. The van der Waals surface area contributed by atoms with E-state index in [4.69, 9.17) is 0 Å². The average molecular weight is 254 g/mol. The highest BCUT2D eigenvalue weighted by Crippen LogP contribution is 2.17. The van der Waals surface area contributed by atoms with E-state index in [0.29, 0.717) is 0 Å². The second kappa shape index (κ2) is 7.01. The van der Waals surface area contributed by atoms with Gasteiger partial charge in [-0.05, 0) is 19.8 Å². The van der Waals surface area contributed by atoms with Crippen molar-refractivity contribution in [3.05, 3.63) is 5.82 Å². The van der Waals surface area contributed by atoms with E-state index in [0.717, 1.165) is 29.3 Å². The van der Waals surface area contributed by atoms with E-state index in [9.17, 15) is 0 Å². The van der Waals surface area contributed by atoms with Crippen molar-refractivity contribution in [3.63, 3.8) is 0 Å². The van der Waals surface area contributed by atoms with E-state index in [1.807, 2.05) is 6.92 Å². The molecule has 1 fully saturated rings. The fourth-order valence-corrected chi connectivity index (χ4v) is 2.99. The highest BCUT2D eigenvalue weighted by Gasteiger charge is 2.11. The lowest BCUT2D eigenvalue weighted by atomic mass is 10.1. The van der Waals surface area contributed by atoms with Crippen molar-refractivity contribution in [2.75, 3.05) is 12.3 Å². The second-order valence-electron chi connectivity index (χ2n) is 4.69. The van der Waals surface area contributed by atoms with Crippen LogP contribution in [0.15, 0.2) is 5.16 Å². The Morgan fingerprint density at radius 1 is 1.29 bits per heavy atom. The van der Waals surface area contributed by atoms with Crippen molar-refractivity contribution in [1.29, 1.82) is 0 Å². The molecular weight excluding hydrogens is 232 g/mol. The van der Waals surface area contributed by atoms with Crippen LogP contribution in [0.5, 0.6) is 0 Å². The van der Waals surface area contributed by atoms with Gasteiger partial charge in [-0.2, -0.15) is 0 Å². The van der Waals surface area contributed by atoms with E-state index in [1.165, 1.54) is 38.5 Å². The molecule has 1 aromatic heterocycles. The molecule has 5 heteroatoms. The van der Waals surface area contributed by atoms with Crippen molar-refractivity contribution in [2.45, 2.75) is 56.6 Å². The van der Waals surface area contributed by atoms with E-state index in [1.54, 1.807) is 11.8 Å². The maximum absolute atomic E-state index is 4.28. The summed E-state index contributed by atoms with van der Waals surface area (Å²) in [6, 6.07) is 0.743. The Bertz CT molecular complexity index is 318.